The highest BCUT2D eigenvalue weighted by Gasteiger charge is 2.58. The van der Waals surface area contributed by atoms with Gasteiger partial charge in [0.15, 0.2) is 18.5 Å². The van der Waals surface area contributed by atoms with Crippen LogP contribution >= 0.6 is 11.6 Å². The minimum Gasteiger partial charge on any atom is -0.456 e. The lowest BCUT2D eigenvalue weighted by molar-refractivity contribution is -0.164. The molecule has 0 spiro atoms. The molecule has 0 bridgehead atoms. The Balaban J connectivity index is 2.40. The number of nitrogen functional groups attached to an aromatic ring is 1. The van der Waals surface area contributed by atoms with E-state index >= 15 is 0 Å². The fourth-order valence-electron chi connectivity index (χ4n) is 2.32. The summed E-state index contributed by atoms with van der Waals surface area (Å²) in [7, 11) is 0. The third-order valence-electron chi connectivity index (χ3n) is 3.60. The molecule has 0 aliphatic carbocycles. The second-order valence-electron chi connectivity index (χ2n) is 5.12. The van der Waals surface area contributed by atoms with Gasteiger partial charge in [0, 0.05) is 12.6 Å². The standard InChI is InChI=1S/C13H17ClFN3O5/c1-2-8(20)22-10-9(15)11(23-13(10,5-14)6-19)18-4-3-7(16)17-12(18)21/h3-4,9-11,19H,2,5-6H2,1H3,(H2,16,17,21)/t9-,10+,11-,13-/m1/s1. The Hall–Kier alpha value is -1.71. The summed E-state index contributed by atoms with van der Waals surface area (Å²) in [5.74, 6) is -1.04. The highest BCUT2D eigenvalue weighted by molar-refractivity contribution is 6.18. The molecular weight excluding hydrogens is 333 g/mol. The monoisotopic (exact) mass is 349 g/mol. The van der Waals surface area contributed by atoms with E-state index in [1.807, 2.05) is 0 Å². The molecule has 128 valence electrons. The number of aromatic nitrogens is 2. The SMILES string of the molecule is CCC(=O)O[C@H]1[C@@H](F)[C@H](n2ccc(N)nc2=O)O[C@@]1(CO)CCl. The van der Waals surface area contributed by atoms with E-state index in [2.05, 4.69) is 4.98 Å². The van der Waals surface area contributed by atoms with Gasteiger partial charge in [-0.3, -0.25) is 9.36 Å². The van der Waals surface area contributed by atoms with Crippen molar-refractivity contribution < 1.29 is 23.8 Å². The predicted octanol–water partition coefficient (Wildman–Crippen LogP) is -0.0159. The first-order valence-corrected chi connectivity index (χ1v) is 7.45. The Morgan fingerprint density at radius 2 is 2.39 bits per heavy atom. The maximum Gasteiger partial charge on any atom is 0.351 e. The Kier molecular flexibility index (Phi) is 5.23. The summed E-state index contributed by atoms with van der Waals surface area (Å²) in [6.07, 6.45) is -3.59. The van der Waals surface area contributed by atoms with Gasteiger partial charge in [0.05, 0.1) is 12.5 Å². The van der Waals surface area contributed by atoms with Crippen LogP contribution in [0.4, 0.5) is 10.2 Å². The summed E-state index contributed by atoms with van der Waals surface area (Å²) >= 11 is 5.80. The number of esters is 1. The number of halogens is 2. The van der Waals surface area contributed by atoms with Crippen LogP contribution in [0.1, 0.15) is 19.6 Å². The molecule has 1 saturated heterocycles. The third kappa shape index (κ3) is 3.17. The fraction of sp³-hybridized carbons (Fsp3) is 0.615. The van der Waals surface area contributed by atoms with Crippen molar-refractivity contribution in [3.63, 3.8) is 0 Å². The molecule has 2 rings (SSSR count). The van der Waals surface area contributed by atoms with Crippen LogP contribution in [-0.4, -0.2) is 51.0 Å². The van der Waals surface area contributed by atoms with Crippen LogP contribution in [0.25, 0.3) is 0 Å². The van der Waals surface area contributed by atoms with Crippen molar-refractivity contribution in [3.8, 4) is 0 Å². The maximum atomic E-state index is 14.8. The Morgan fingerprint density at radius 3 is 2.91 bits per heavy atom. The molecule has 1 aromatic rings. The van der Waals surface area contributed by atoms with Gasteiger partial charge in [-0.2, -0.15) is 4.98 Å². The number of ether oxygens (including phenoxy) is 2. The smallest absolute Gasteiger partial charge is 0.351 e. The number of aliphatic hydroxyl groups excluding tert-OH is 1. The quantitative estimate of drug-likeness (QED) is 0.567. The van der Waals surface area contributed by atoms with E-state index in [9.17, 15) is 19.1 Å². The molecule has 0 saturated carbocycles. The molecule has 8 nitrogen and oxygen atoms in total. The summed E-state index contributed by atoms with van der Waals surface area (Å²) in [4.78, 5) is 26.9. The molecule has 4 atom stereocenters. The molecule has 10 heteroatoms. The summed E-state index contributed by atoms with van der Waals surface area (Å²) in [6.45, 7) is 0.852. The topological polar surface area (TPSA) is 117 Å². The van der Waals surface area contributed by atoms with Crippen LogP contribution in [-0.2, 0) is 14.3 Å². The van der Waals surface area contributed by atoms with Crippen LogP contribution in [0.3, 0.4) is 0 Å². The van der Waals surface area contributed by atoms with Crippen molar-refractivity contribution in [1.29, 1.82) is 0 Å². The number of hydrogen-bond acceptors (Lipinski definition) is 7. The van der Waals surface area contributed by atoms with E-state index < -0.39 is 42.4 Å². The fourth-order valence-corrected chi connectivity index (χ4v) is 2.62. The highest BCUT2D eigenvalue weighted by Crippen LogP contribution is 2.41. The largest absolute Gasteiger partial charge is 0.456 e. The molecule has 0 radical (unpaired) electrons. The molecule has 1 aliphatic heterocycles. The van der Waals surface area contributed by atoms with E-state index in [1.54, 1.807) is 6.92 Å². The second kappa shape index (κ2) is 6.81. The first-order chi connectivity index (χ1) is 10.9. The Bertz CT molecular complexity index is 636. The van der Waals surface area contributed by atoms with Gasteiger partial charge in [-0.1, -0.05) is 6.92 Å². The molecule has 0 unspecified atom stereocenters. The normalized spacial score (nSPS) is 30.3. The van der Waals surface area contributed by atoms with E-state index in [-0.39, 0.29) is 18.1 Å². The molecular formula is C13H17ClFN3O5. The lowest BCUT2D eigenvalue weighted by Crippen LogP contribution is -2.49. The number of carbonyl (C=O) groups is 1. The van der Waals surface area contributed by atoms with E-state index in [0.29, 0.717) is 0 Å². The summed E-state index contributed by atoms with van der Waals surface area (Å²) in [5, 5.41) is 9.58. The zero-order chi connectivity index (χ0) is 17.2. The lowest BCUT2D eigenvalue weighted by atomic mass is 9.98. The zero-order valence-electron chi connectivity index (χ0n) is 12.3. The van der Waals surface area contributed by atoms with Gasteiger partial charge in [-0.15, -0.1) is 11.6 Å². The summed E-state index contributed by atoms with van der Waals surface area (Å²) < 4.78 is 26.2. The van der Waals surface area contributed by atoms with Crippen molar-refractivity contribution in [2.24, 2.45) is 0 Å². The van der Waals surface area contributed by atoms with Crippen molar-refractivity contribution in [1.82, 2.24) is 9.55 Å². The first kappa shape index (κ1) is 17.6. The molecule has 0 amide bonds. The molecule has 1 aliphatic rings. The van der Waals surface area contributed by atoms with Crippen molar-refractivity contribution in [2.45, 2.75) is 37.4 Å². The van der Waals surface area contributed by atoms with Crippen LogP contribution in [0.2, 0.25) is 0 Å². The first-order valence-electron chi connectivity index (χ1n) is 6.91. The number of nitrogens with two attached hydrogens (primary N) is 1. The van der Waals surface area contributed by atoms with Crippen molar-refractivity contribution >= 4 is 23.4 Å². The zero-order valence-corrected chi connectivity index (χ0v) is 13.1. The van der Waals surface area contributed by atoms with Gasteiger partial charge in [0.25, 0.3) is 0 Å². The van der Waals surface area contributed by atoms with E-state index in [0.717, 1.165) is 4.57 Å². The van der Waals surface area contributed by atoms with Crippen LogP contribution in [0.5, 0.6) is 0 Å². The number of aliphatic hydroxyl groups is 1. The van der Waals surface area contributed by atoms with Gasteiger partial charge in [-0.25, -0.2) is 9.18 Å². The molecule has 3 N–H and O–H groups in total. The van der Waals surface area contributed by atoms with E-state index in [4.69, 9.17) is 26.8 Å². The van der Waals surface area contributed by atoms with Gasteiger partial charge < -0.3 is 20.3 Å². The van der Waals surface area contributed by atoms with Crippen LogP contribution < -0.4 is 11.4 Å². The van der Waals surface area contributed by atoms with Crippen LogP contribution in [0, 0.1) is 0 Å². The predicted molar refractivity (Wildman–Crippen MR) is 78.6 cm³/mol. The van der Waals surface area contributed by atoms with Gasteiger partial charge in [0.2, 0.25) is 0 Å². The molecule has 1 fully saturated rings. The van der Waals surface area contributed by atoms with Crippen LogP contribution in [0.15, 0.2) is 17.1 Å². The number of carbonyl (C=O) groups excluding carboxylic acids is 1. The number of rotatable bonds is 5. The summed E-state index contributed by atoms with van der Waals surface area (Å²) in [5.41, 5.74) is 2.90. The number of alkyl halides is 2. The molecule has 0 aromatic carbocycles. The van der Waals surface area contributed by atoms with Gasteiger partial charge in [-0.05, 0) is 6.07 Å². The molecule has 2 heterocycles. The lowest BCUT2D eigenvalue weighted by Gasteiger charge is -2.29. The van der Waals surface area contributed by atoms with Gasteiger partial charge >= 0.3 is 11.7 Å². The van der Waals surface area contributed by atoms with Crippen molar-refractivity contribution in [3.05, 3.63) is 22.7 Å². The highest BCUT2D eigenvalue weighted by atomic mass is 35.5. The number of anilines is 1. The minimum absolute atomic E-state index is 0.0149. The minimum atomic E-state index is -1.92. The number of nitrogens with zero attached hydrogens (tertiary/aromatic N) is 2. The summed E-state index contributed by atoms with van der Waals surface area (Å²) in [6, 6.07) is 1.30. The number of hydrogen-bond donors (Lipinski definition) is 2. The third-order valence-corrected chi connectivity index (χ3v) is 4.05. The van der Waals surface area contributed by atoms with Gasteiger partial charge in [0.1, 0.15) is 11.4 Å². The van der Waals surface area contributed by atoms with Crippen molar-refractivity contribution in [2.75, 3.05) is 18.2 Å². The molecule has 23 heavy (non-hydrogen) atoms. The average Bonchev–Trinajstić information content (AvgIpc) is 2.81. The maximum absolute atomic E-state index is 14.8. The molecule has 1 aromatic heterocycles. The second-order valence-corrected chi connectivity index (χ2v) is 5.38. The average molecular weight is 350 g/mol. The Labute approximate surface area is 136 Å². The Morgan fingerprint density at radius 1 is 1.70 bits per heavy atom. The van der Waals surface area contributed by atoms with E-state index in [1.165, 1.54) is 12.3 Å².